The molecule has 6 heteroatoms. The van der Waals surface area contributed by atoms with Gasteiger partial charge in [-0.25, -0.2) is 9.67 Å². The molecule has 4 aromatic rings. The predicted octanol–water partition coefficient (Wildman–Crippen LogP) is 5.70. The summed E-state index contributed by atoms with van der Waals surface area (Å²) in [5.41, 5.74) is 6.02. The van der Waals surface area contributed by atoms with Crippen LogP contribution in [0.25, 0.3) is 16.7 Å². The van der Waals surface area contributed by atoms with Crippen molar-refractivity contribution < 1.29 is 4.79 Å². The molecular formula is C27H29N5O. The fraction of sp³-hybridized carbons (Fsp3) is 0.296. The molecule has 0 spiro atoms. The molecule has 1 aliphatic rings. The fourth-order valence-corrected chi connectivity index (χ4v) is 4.37. The Morgan fingerprint density at radius 2 is 1.76 bits per heavy atom. The number of rotatable bonds is 7. The van der Waals surface area contributed by atoms with Crippen molar-refractivity contribution in [3.8, 4) is 5.69 Å². The number of nitrogens with one attached hydrogen (secondary N) is 1. The Bertz CT molecular complexity index is 1290. The van der Waals surface area contributed by atoms with Crippen LogP contribution in [0.3, 0.4) is 0 Å². The number of para-hydroxylation sites is 1. The van der Waals surface area contributed by atoms with Crippen LogP contribution in [0, 0.1) is 6.92 Å². The third-order valence-corrected chi connectivity index (χ3v) is 6.33. The maximum atomic E-state index is 13.5. The number of amides is 1. The van der Waals surface area contributed by atoms with Crippen molar-refractivity contribution in [2.45, 2.75) is 39.5 Å². The summed E-state index contributed by atoms with van der Waals surface area (Å²) in [6, 6.07) is 20.0. The Hall–Kier alpha value is -3.67. The molecule has 2 aromatic heterocycles. The van der Waals surface area contributed by atoms with Gasteiger partial charge in [-0.3, -0.25) is 4.79 Å². The molecule has 0 saturated heterocycles. The maximum Gasteiger partial charge on any atom is 0.256 e. The van der Waals surface area contributed by atoms with Crippen molar-refractivity contribution >= 4 is 28.3 Å². The highest BCUT2D eigenvalue weighted by atomic mass is 16.1. The van der Waals surface area contributed by atoms with Crippen LogP contribution in [0.2, 0.25) is 0 Å². The molecule has 0 aliphatic heterocycles. The first-order chi connectivity index (χ1) is 16.1. The quantitative estimate of drug-likeness (QED) is 0.401. The number of anilines is 2. The molecule has 1 amide bonds. The first kappa shape index (κ1) is 21.2. The lowest BCUT2D eigenvalue weighted by atomic mass is 10.1. The molecule has 0 atom stereocenters. The molecule has 1 saturated carbocycles. The van der Waals surface area contributed by atoms with E-state index < -0.39 is 0 Å². The van der Waals surface area contributed by atoms with E-state index in [4.69, 9.17) is 10.1 Å². The van der Waals surface area contributed by atoms with E-state index in [-0.39, 0.29) is 5.91 Å². The second-order valence-electron chi connectivity index (χ2n) is 8.57. The van der Waals surface area contributed by atoms with Crippen LogP contribution in [-0.4, -0.2) is 33.8 Å². The molecule has 1 fully saturated rings. The van der Waals surface area contributed by atoms with Crippen molar-refractivity contribution in [1.29, 1.82) is 0 Å². The van der Waals surface area contributed by atoms with Crippen molar-refractivity contribution in [2.75, 3.05) is 23.3 Å². The van der Waals surface area contributed by atoms with E-state index in [0.29, 0.717) is 11.5 Å². The van der Waals surface area contributed by atoms with Crippen molar-refractivity contribution in [3.05, 3.63) is 77.6 Å². The first-order valence-corrected chi connectivity index (χ1v) is 11.7. The van der Waals surface area contributed by atoms with Crippen LogP contribution in [0.5, 0.6) is 0 Å². The number of nitrogens with zero attached hydrogens (tertiary/aromatic N) is 4. The molecule has 0 radical (unpaired) electrons. The summed E-state index contributed by atoms with van der Waals surface area (Å²) in [6.07, 6.45) is 2.23. The van der Waals surface area contributed by atoms with Gasteiger partial charge in [0.15, 0.2) is 5.65 Å². The minimum Gasteiger partial charge on any atom is -0.372 e. The van der Waals surface area contributed by atoms with Crippen LogP contribution in [0.4, 0.5) is 11.4 Å². The summed E-state index contributed by atoms with van der Waals surface area (Å²) < 4.78 is 1.85. The average molecular weight is 440 g/mol. The molecule has 33 heavy (non-hydrogen) atoms. The second kappa shape index (κ2) is 8.70. The normalized spacial score (nSPS) is 13.3. The van der Waals surface area contributed by atoms with Gasteiger partial charge in [-0.1, -0.05) is 18.2 Å². The van der Waals surface area contributed by atoms with Gasteiger partial charge in [0.05, 0.1) is 22.3 Å². The second-order valence-corrected chi connectivity index (χ2v) is 8.57. The number of fused-ring (bicyclic) bond motifs is 1. The fourth-order valence-electron chi connectivity index (χ4n) is 4.37. The molecule has 6 nitrogen and oxygen atoms in total. The van der Waals surface area contributed by atoms with Gasteiger partial charge in [0, 0.05) is 36.1 Å². The van der Waals surface area contributed by atoms with Crippen molar-refractivity contribution in [1.82, 2.24) is 14.8 Å². The Labute approximate surface area is 194 Å². The lowest BCUT2D eigenvalue weighted by Crippen LogP contribution is -2.21. The van der Waals surface area contributed by atoms with Crippen LogP contribution < -0.4 is 10.2 Å². The van der Waals surface area contributed by atoms with Crippen molar-refractivity contribution in [3.63, 3.8) is 0 Å². The first-order valence-electron chi connectivity index (χ1n) is 11.7. The van der Waals surface area contributed by atoms with Crippen LogP contribution >= 0.6 is 0 Å². The van der Waals surface area contributed by atoms with Gasteiger partial charge < -0.3 is 10.2 Å². The minimum atomic E-state index is -0.129. The van der Waals surface area contributed by atoms with E-state index in [9.17, 15) is 4.79 Å². The molecule has 2 heterocycles. The number of benzene rings is 2. The minimum absolute atomic E-state index is 0.129. The summed E-state index contributed by atoms with van der Waals surface area (Å²) in [6.45, 7) is 8.13. The third-order valence-electron chi connectivity index (χ3n) is 6.33. The van der Waals surface area contributed by atoms with Gasteiger partial charge in [-0.05, 0) is 76.1 Å². The van der Waals surface area contributed by atoms with E-state index in [1.165, 1.54) is 0 Å². The molecule has 1 N–H and O–H groups in total. The SMILES string of the molecule is CCN(CC)c1ccc(NC(=O)c2cc(C3CC3)nc3c2c(C)nn3-c2ccccc2)cc1. The average Bonchev–Trinajstić information content (AvgIpc) is 3.64. The molecule has 0 bridgehead atoms. The Balaban J connectivity index is 1.53. The summed E-state index contributed by atoms with van der Waals surface area (Å²) in [5, 5.41) is 8.65. The van der Waals surface area contributed by atoms with Crippen LogP contribution in [0.1, 0.15) is 54.4 Å². The van der Waals surface area contributed by atoms with E-state index in [1.54, 1.807) is 0 Å². The number of aromatic nitrogens is 3. The summed E-state index contributed by atoms with van der Waals surface area (Å²) >= 11 is 0. The number of carbonyl (C=O) groups excluding carboxylic acids is 1. The molecule has 0 unspecified atom stereocenters. The van der Waals surface area contributed by atoms with E-state index in [0.717, 1.165) is 65.4 Å². The van der Waals surface area contributed by atoms with Crippen molar-refractivity contribution in [2.24, 2.45) is 0 Å². The molecule has 5 rings (SSSR count). The standard InChI is InChI=1S/C27H29N5O/c1-4-31(5-2)21-15-13-20(14-16-21)28-27(33)23-17-24(19-11-12-19)29-26-25(23)18(3)30-32(26)22-9-7-6-8-10-22/h6-10,13-17,19H,4-5,11-12H2,1-3H3,(H,28,33). The Kier molecular flexibility index (Phi) is 5.58. The molecule has 168 valence electrons. The summed E-state index contributed by atoms with van der Waals surface area (Å²) in [7, 11) is 0. The number of pyridine rings is 1. The van der Waals surface area contributed by atoms with Gasteiger partial charge in [-0.2, -0.15) is 5.10 Å². The topological polar surface area (TPSA) is 63.1 Å². The number of hydrogen-bond donors (Lipinski definition) is 1. The van der Waals surface area contributed by atoms with Crippen LogP contribution in [0.15, 0.2) is 60.7 Å². The monoisotopic (exact) mass is 439 g/mol. The number of carbonyl (C=O) groups is 1. The smallest absolute Gasteiger partial charge is 0.256 e. The van der Waals surface area contributed by atoms with E-state index in [1.807, 2.05) is 60.1 Å². The highest BCUT2D eigenvalue weighted by Gasteiger charge is 2.29. The van der Waals surface area contributed by atoms with E-state index in [2.05, 4.69) is 36.2 Å². The Morgan fingerprint density at radius 1 is 1.06 bits per heavy atom. The zero-order valence-corrected chi connectivity index (χ0v) is 19.4. The number of aryl methyl sites for hydroxylation is 1. The van der Waals surface area contributed by atoms with Gasteiger partial charge in [-0.15, -0.1) is 0 Å². The van der Waals surface area contributed by atoms with Gasteiger partial charge >= 0.3 is 0 Å². The lowest BCUT2D eigenvalue weighted by molar-refractivity contribution is 0.102. The zero-order chi connectivity index (χ0) is 22.9. The maximum absolute atomic E-state index is 13.5. The van der Waals surface area contributed by atoms with Gasteiger partial charge in [0.1, 0.15) is 0 Å². The largest absolute Gasteiger partial charge is 0.372 e. The number of hydrogen-bond acceptors (Lipinski definition) is 4. The third kappa shape index (κ3) is 4.09. The van der Waals surface area contributed by atoms with E-state index >= 15 is 0 Å². The lowest BCUT2D eigenvalue weighted by Gasteiger charge is -2.21. The van der Waals surface area contributed by atoms with Gasteiger partial charge in [0.2, 0.25) is 0 Å². The molecule has 2 aromatic carbocycles. The Morgan fingerprint density at radius 3 is 2.39 bits per heavy atom. The zero-order valence-electron chi connectivity index (χ0n) is 19.4. The highest BCUT2D eigenvalue weighted by Crippen LogP contribution is 2.40. The summed E-state index contributed by atoms with van der Waals surface area (Å²) in [5.74, 6) is 0.296. The van der Waals surface area contributed by atoms with Gasteiger partial charge in [0.25, 0.3) is 5.91 Å². The molecular weight excluding hydrogens is 410 g/mol. The predicted molar refractivity (Wildman–Crippen MR) is 134 cm³/mol. The highest BCUT2D eigenvalue weighted by molar-refractivity contribution is 6.13. The molecule has 1 aliphatic carbocycles. The summed E-state index contributed by atoms with van der Waals surface area (Å²) in [4.78, 5) is 20.7. The van der Waals surface area contributed by atoms with Crippen LogP contribution in [-0.2, 0) is 0 Å².